The maximum Gasteiger partial charge on any atom is 0.417 e. The summed E-state index contributed by atoms with van der Waals surface area (Å²) in [5.41, 5.74) is -1.10. The van der Waals surface area contributed by atoms with Gasteiger partial charge in [0.1, 0.15) is 5.82 Å². The number of carbonyl (C=O) groups is 1. The van der Waals surface area contributed by atoms with Crippen LogP contribution in [0.1, 0.15) is 15.9 Å². The Bertz CT molecular complexity index is 984. The van der Waals surface area contributed by atoms with Gasteiger partial charge in [0.15, 0.2) is 0 Å². The lowest BCUT2D eigenvalue weighted by Gasteiger charge is -2.34. The molecule has 10 heteroatoms. The smallest absolute Gasteiger partial charge is 0.336 e. The van der Waals surface area contributed by atoms with E-state index in [4.69, 9.17) is 0 Å². The van der Waals surface area contributed by atoms with Crippen molar-refractivity contribution in [3.8, 4) is 0 Å². The number of hydrogen-bond donors (Lipinski definition) is 0. The van der Waals surface area contributed by atoms with Crippen molar-refractivity contribution in [1.29, 1.82) is 0 Å². The van der Waals surface area contributed by atoms with Gasteiger partial charge in [0.25, 0.3) is 5.91 Å². The molecule has 0 aliphatic carbocycles. The predicted octanol–water partition coefficient (Wildman–Crippen LogP) is 2.99. The minimum absolute atomic E-state index is 0.0111. The molecule has 1 heterocycles. The summed E-state index contributed by atoms with van der Waals surface area (Å²) in [6.07, 6.45) is -4.81. The second kappa shape index (κ2) is 7.51. The van der Waals surface area contributed by atoms with Crippen molar-refractivity contribution in [1.82, 2.24) is 9.21 Å². The highest BCUT2D eigenvalue weighted by Gasteiger charge is 2.39. The molecule has 0 atom stereocenters. The Labute approximate surface area is 159 Å². The summed E-state index contributed by atoms with van der Waals surface area (Å²) in [6.45, 7) is -0.337. The van der Waals surface area contributed by atoms with E-state index in [9.17, 15) is 30.8 Å². The molecule has 0 radical (unpaired) electrons. The molecule has 28 heavy (non-hydrogen) atoms. The molecule has 0 bridgehead atoms. The molecule has 0 N–H and O–H groups in total. The summed E-state index contributed by atoms with van der Waals surface area (Å²) >= 11 is 0. The Morgan fingerprint density at radius 3 is 2.18 bits per heavy atom. The molecule has 0 spiro atoms. The highest BCUT2D eigenvalue weighted by molar-refractivity contribution is 7.89. The molecular formula is C18H16F4N2O3S. The largest absolute Gasteiger partial charge is 0.417 e. The lowest BCUT2D eigenvalue weighted by molar-refractivity contribution is -0.139. The highest BCUT2D eigenvalue weighted by Crippen LogP contribution is 2.35. The van der Waals surface area contributed by atoms with Gasteiger partial charge in [0.05, 0.1) is 10.5 Å². The van der Waals surface area contributed by atoms with Gasteiger partial charge in [0.2, 0.25) is 10.0 Å². The van der Waals surface area contributed by atoms with E-state index in [-0.39, 0.29) is 31.7 Å². The number of hydrogen-bond acceptors (Lipinski definition) is 3. The number of halogens is 4. The van der Waals surface area contributed by atoms with E-state index in [0.717, 1.165) is 28.6 Å². The van der Waals surface area contributed by atoms with E-state index >= 15 is 0 Å². The van der Waals surface area contributed by atoms with Crippen molar-refractivity contribution >= 4 is 15.9 Å². The molecule has 0 saturated carbocycles. The maximum absolute atomic E-state index is 13.3. The van der Waals surface area contributed by atoms with Crippen molar-refractivity contribution < 1.29 is 30.8 Å². The zero-order chi connectivity index (χ0) is 20.5. The second-order valence-electron chi connectivity index (χ2n) is 6.20. The number of benzene rings is 2. The fraction of sp³-hybridized carbons (Fsp3) is 0.278. The summed E-state index contributed by atoms with van der Waals surface area (Å²) in [5.74, 6) is -1.04. The van der Waals surface area contributed by atoms with Crippen molar-refractivity contribution in [3.63, 3.8) is 0 Å². The SMILES string of the molecule is O=C(c1cccc(F)c1)N1CCN(S(=O)(=O)c2ccccc2C(F)(F)F)CC1. The topological polar surface area (TPSA) is 57.7 Å². The first kappa shape index (κ1) is 20.3. The summed E-state index contributed by atoms with van der Waals surface area (Å²) in [6, 6.07) is 9.08. The molecule has 2 aromatic carbocycles. The normalized spacial score (nSPS) is 16.2. The van der Waals surface area contributed by atoms with Gasteiger partial charge in [-0.2, -0.15) is 17.5 Å². The Morgan fingerprint density at radius 1 is 0.929 bits per heavy atom. The van der Waals surface area contributed by atoms with Crippen LogP contribution >= 0.6 is 0 Å². The van der Waals surface area contributed by atoms with E-state index in [1.54, 1.807) is 0 Å². The number of rotatable bonds is 3. The van der Waals surface area contributed by atoms with Gasteiger partial charge in [-0.05, 0) is 30.3 Å². The fourth-order valence-corrected chi connectivity index (χ4v) is 4.63. The third-order valence-electron chi connectivity index (χ3n) is 4.41. The first-order valence-electron chi connectivity index (χ1n) is 8.32. The number of sulfonamides is 1. The summed E-state index contributed by atoms with van der Waals surface area (Å²) in [4.78, 5) is 12.9. The maximum atomic E-state index is 13.3. The van der Waals surface area contributed by atoms with Crippen molar-refractivity contribution in [2.24, 2.45) is 0 Å². The molecule has 5 nitrogen and oxygen atoms in total. The highest BCUT2D eigenvalue weighted by atomic mass is 32.2. The average Bonchev–Trinajstić information content (AvgIpc) is 2.67. The molecule has 1 aliphatic heterocycles. The minimum Gasteiger partial charge on any atom is -0.336 e. The monoisotopic (exact) mass is 416 g/mol. The Kier molecular flexibility index (Phi) is 5.44. The van der Waals surface area contributed by atoms with Crippen molar-refractivity contribution in [2.45, 2.75) is 11.1 Å². The minimum atomic E-state index is -4.81. The van der Waals surface area contributed by atoms with Crippen molar-refractivity contribution in [3.05, 3.63) is 65.5 Å². The van der Waals surface area contributed by atoms with E-state index < -0.39 is 38.4 Å². The van der Waals surface area contributed by atoms with Crippen molar-refractivity contribution in [2.75, 3.05) is 26.2 Å². The van der Waals surface area contributed by atoms with Crippen LogP contribution < -0.4 is 0 Å². The first-order valence-corrected chi connectivity index (χ1v) is 9.76. The number of amides is 1. The number of alkyl halides is 3. The van der Waals surface area contributed by atoms with E-state index in [0.29, 0.717) is 0 Å². The van der Waals surface area contributed by atoms with Gasteiger partial charge >= 0.3 is 6.18 Å². The second-order valence-corrected chi connectivity index (χ2v) is 8.11. The quantitative estimate of drug-likeness (QED) is 0.723. The van der Waals surface area contributed by atoms with Crippen LogP contribution in [0.3, 0.4) is 0 Å². The molecule has 1 amide bonds. The molecule has 3 rings (SSSR count). The van der Waals surface area contributed by atoms with Crippen LogP contribution in [0.15, 0.2) is 53.4 Å². The van der Waals surface area contributed by atoms with Crippen LogP contribution in [0.5, 0.6) is 0 Å². The summed E-state index contributed by atoms with van der Waals surface area (Å²) < 4.78 is 79.1. The molecule has 150 valence electrons. The molecule has 1 saturated heterocycles. The zero-order valence-electron chi connectivity index (χ0n) is 14.5. The Balaban J connectivity index is 1.77. The fourth-order valence-electron chi connectivity index (χ4n) is 3.00. The summed E-state index contributed by atoms with van der Waals surface area (Å²) in [5, 5.41) is 0. The van der Waals surface area contributed by atoms with E-state index in [2.05, 4.69) is 0 Å². The number of piperazine rings is 1. The van der Waals surface area contributed by atoms with Gasteiger partial charge in [0, 0.05) is 31.7 Å². The van der Waals surface area contributed by atoms with Crippen LogP contribution in [-0.4, -0.2) is 49.7 Å². The first-order chi connectivity index (χ1) is 13.1. The molecular weight excluding hydrogens is 400 g/mol. The van der Waals surface area contributed by atoms with Crippen LogP contribution in [0.2, 0.25) is 0 Å². The third kappa shape index (κ3) is 4.02. The van der Waals surface area contributed by atoms with Crippen LogP contribution in [0.25, 0.3) is 0 Å². The standard InChI is InChI=1S/C18H16F4N2O3S/c19-14-5-3-4-13(12-14)17(25)23-8-10-24(11-9-23)28(26,27)16-7-2-1-6-15(16)18(20,21)22/h1-7,12H,8-11H2. The van der Waals surface area contributed by atoms with Gasteiger partial charge < -0.3 is 4.90 Å². The van der Waals surface area contributed by atoms with Crippen LogP contribution in [0, 0.1) is 5.82 Å². The van der Waals surface area contributed by atoms with Crippen LogP contribution in [-0.2, 0) is 16.2 Å². The number of nitrogens with zero attached hydrogens (tertiary/aromatic N) is 2. The molecule has 0 unspecified atom stereocenters. The average molecular weight is 416 g/mol. The van der Waals surface area contributed by atoms with E-state index in [1.165, 1.54) is 29.2 Å². The molecule has 0 aromatic heterocycles. The van der Waals surface area contributed by atoms with E-state index in [1.807, 2.05) is 0 Å². The summed E-state index contributed by atoms with van der Waals surface area (Å²) in [7, 11) is -4.38. The Morgan fingerprint density at radius 2 is 1.57 bits per heavy atom. The van der Waals surface area contributed by atoms with Gasteiger partial charge in [-0.15, -0.1) is 0 Å². The molecule has 2 aromatic rings. The van der Waals surface area contributed by atoms with Gasteiger partial charge in [-0.3, -0.25) is 4.79 Å². The lowest BCUT2D eigenvalue weighted by atomic mass is 10.2. The predicted molar refractivity (Wildman–Crippen MR) is 92.5 cm³/mol. The third-order valence-corrected chi connectivity index (χ3v) is 6.36. The Hall–Kier alpha value is -2.46. The number of carbonyl (C=O) groups excluding carboxylic acids is 1. The lowest BCUT2D eigenvalue weighted by Crippen LogP contribution is -2.50. The molecule has 1 fully saturated rings. The zero-order valence-corrected chi connectivity index (χ0v) is 15.3. The van der Waals surface area contributed by atoms with Crippen LogP contribution in [0.4, 0.5) is 17.6 Å². The van der Waals surface area contributed by atoms with Gasteiger partial charge in [-0.25, -0.2) is 12.8 Å². The molecule has 1 aliphatic rings. The van der Waals surface area contributed by atoms with Gasteiger partial charge in [-0.1, -0.05) is 18.2 Å².